The molecule has 0 saturated carbocycles. The molecule has 182 valence electrons. The molecule has 0 radical (unpaired) electrons. The number of carbonyl (C=O) groups excluding carboxylic acids is 1. The lowest BCUT2D eigenvalue weighted by Crippen LogP contribution is -2.32. The monoisotopic (exact) mass is 458 g/mol. The summed E-state index contributed by atoms with van der Waals surface area (Å²) in [6.45, 7) is 3.52. The van der Waals surface area contributed by atoms with Crippen molar-refractivity contribution in [2.24, 2.45) is 5.73 Å². The molecule has 1 aromatic rings. The molecule has 0 unspecified atom stereocenters. The normalized spacial score (nSPS) is 11.8. The molecule has 0 aliphatic heterocycles. The van der Waals surface area contributed by atoms with E-state index < -0.39 is 12.0 Å². The van der Waals surface area contributed by atoms with E-state index in [1.807, 2.05) is 0 Å². The van der Waals surface area contributed by atoms with Crippen molar-refractivity contribution in [1.82, 2.24) is 5.32 Å². The van der Waals surface area contributed by atoms with Gasteiger partial charge in [-0.05, 0) is 24.1 Å². The molecule has 1 aromatic carbocycles. The van der Waals surface area contributed by atoms with Gasteiger partial charge < -0.3 is 44.9 Å². The second-order valence-corrected chi connectivity index (χ2v) is 6.60. The maximum absolute atomic E-state index is 11.8. The summed E-state index contributed by atoms with van der Waals surface area (Å²) < 4.78 is 26.4. The van der Waals surface area contributed by atoms with Gasteiger partial charge in [-0.15, -0.1) is 0 Å². The fourth-order valence-electron chi connectivity index (χ4n) is 2.35. The van der Waals surface area contributed by atoms with Crippen molar-refractivity contribution in [3.63, 3.8) is 0 Å². The van der Waals surface area contributed by atoms with Crippen LogP contribution in [-0.4, -0.2) is 101 Å². The van der Waals surface area contributed by atoms with Gasteiger partial charge in [0, 0.05) is 6.54 Å². The Morgan fingerprint density at radius 2 is 1.41 bits per heavy atom. The highest BCUT2D eigenvalue weighted by Gasteiger charge is 2.12. The van der Waals surface area contributed by atoms with Crippen molar-refractivity contribution < 1.29 is 43.5 Å². The molecule has 1 rings (SSSR count). The lowest BCUT2D eigenvalue weighted by molar-refractivity contribution is -0.138. The fraction of sp³-hybridized carbons (Fsp3) is 0.619. The Kier molecular flexibility index (Phi) is 15.9. The summed E-state index contributed by atoms with van der Waals surface area (Å²) in [5.41, 5.74) is 6.27. The zero-order chi connectivity index (χ0) is 23.4. The van der Waals surface area contributed by atoms with Gasteiger partial charge in [-0.1, -0.05) is 12.1 Å². The van der Waals surface area contributed by atoms with E-state index in [1.54, 1.807) is 24.3 Å². The summed E-state index contributed by atoms with van der Waals surface area (Å²) in [4.78, 5) is 22.6. The van der Waals surface area contributed by atoms with Gasteiger partial charge >= 0.3 is 5.97 Å². The highest BCUT2D eigenvalue weighted by atomic mass is 16.6. The van der Waals surface area contributed by atoms with Crippen LogP contribution in [0.25, 0.3) is 0 Å². The largest absolute Gasteiger partial charge is 0.484 e. The van der Waals surface area contributed by atoms with Gasteiger partial charge in [-0.25, -0.2) is 0 Å². The molecule has 0 aliphatic carbocycles. The Labute approximate surface area is 187 Å². The first-order valence-electron chi connectivity index (χ1n) is 10.4. The number of benzene rings is 1. The number of aliphatic hydroxyl groups is 1. The Balaban J connectivity index is 1.95. The standard InChI is InChI=1S/C21H34N2O9/c22-19(21(26)27)15-17-1-3-18(4-2-17)32-16-20(25)23-5-7-28-9-11-30-13-14-31-12-10-29-8-6-24/h1-4,19,24H,5-16,22H2,(H,23,25)(H,26,27)/t19-/m0/s1. The lowest BCUT2D eigenvalue weighted by Gasteiger charge is -2.10. The molecule has 32 heavy (non-hydrogen) atoms. The molecule has 5 N–H and O–H groups in total. The predicted molar refractivity (Wildman–Crippen MR) is 115 cm³/mol. The molecule has 0 saturated heterocycles. The maximum atomic E-state index is 11.8. The number of nitrogens with one attached hydrogen (secondary N) is 1. The lowest BCUT2D eigenvalue weighted by atomic mass is 10.1. The van der Waals surface area contributed by atoms with Crippen LogP contribution in [0, 0.1) is 0 Å². The zero-order valence-electron chi connectivity index (χ0n) is 18.2. The van der Waals surface area contributed by atoms with Gasteiger partial charge in [0.1, 0.15) is 11.8 Å². The van der Waals surface area contributed by atoms with Gasteiger partial charge in [0.15, 0.2) is 6.61 Å². The van der Waals surface area contributed by atoms with Gasteiger partial charge in [-0.2, -0.15) is 0 Å². The van der Waals surface area contributed by atoms with Crippen LogP contribution in [0.5, 0.6) is 5.75 Å². The molecular formula is C21H34N2O9. The number of carboxylic acid groups (broad SMARTS) is 1. The topological polar surface area (TPSA) is 159 Å². The molecule has 0 spiro atoms. The zero-order valence-corrected chi connectivity index (χ0v) is 18.2. The molecule has 0 aliphatic rings. The first kappa shape index (κ1) is 27.8. The number of ether oxygens (including phenoxy) is 5. The average molecular weight is 459 g/mol. The van der Waals surface area contributed by atoms with E-state index in [1.165, 1.54) is 0 Å². The molecule has 0 fully saturated rings. The maximum Gasteiger partial charge on any atom is 0.320 e. The van der Waals surface area contributed by atoms with Crippen LogP contribution in [0.1, 0.15) is 5.56 Å². The SMILES string of the molecule is N[C@@H](Cc1ccc(OCC(=O)NCCOCCOCCOCCOCCO)cc1)C(=O)O. The van der Waals surface area contributed by atoms with Crippen molar-refractivity contribution in [3.05, 3.63) is 29.8 Å². The van der Waals surface area contributed by atoms with Crippen LogP contribution in [-0.2, 0) is 35.0 Å². The summed E-state index contributed by atoms with van der Waals surface area (Å²) in [5.74, 6) is -0.828. The van der Waals surface area contributed by atoms with Crippen LogP contribution in [0.15, 0.2) is 24.3 Å². The first-order valence-corrected chi connectivity index (χ1v) is 10.4. The average Bonchev–Trinajstić information content (AvgIpc) is 2.78. The number of rotatable bonds is 20. The Morgan fingerprint density at radius 3 is 1.94 bits per heavy atom. The highest BCUT2D eigenvalue weighted by molar-refractivity contribution is 5.77. The van der Waals surface area contributed by atoms with E-state index in [0.717, 1.165) is 5.56 Å². The number of hydrogen-bond donors (Lipinski definition) is 4. The van der Waals surface area contributed by atoms with E-state index in [9.17, 15) is 9.59 Å². The highest BCUT2D eigenvalue weighted by Crippen LogP contribution is 2.13. The van der Waals surface area contributed by atoms with E-state index in [2.05, 4.69) is 5.32 Å². The molecule has 0 bridgehead atoms. The number of amides is 1. The molecule has 11 heteroatoms. The van der Waals surface area contributed by atoms with Gasteiger partial charge in [-0.3, -0.25) is 9.59 Å². The van der Waals surface area contributed by atoms with Crippen LogP contribution in [0.2, 0.25) is 0 Å². The van der Waals surface area contributed by atoms with E-state index >= 15 is 0 Å². The molecule has 0 heterocycles. The number of aliphatic hydroxyl groups excluding tert-OH is 1. The first-order chi connectivity index (χ1) is 15.5. The van der Waals surface area contributed by atoms with E-state index in [-0.39, 0.29) is 25.5 Å². The molecular weight excluding hydrogens is 424 g/mol. The number of carboxylic acids is 1. The summed E-state index contributed by atoms with van der Waals surface area (Å²) in [6.07, 6.45) is 0.219. The van der Waals surface area contributed by atoms with Crippen molar-refractivity contribution in [1.29, 1.82) is 0 Å². The second-order valence-electron chi connectivity index (χ2n) is 6.60. The van der Waals surface area contributed by atoms with Gasteiger partial charge in [0.05, 0.1) is 59.5 Å². The molecule has 1 atom stereocenters. The van der Waals surface area contributed by atoms with E-state index in [4.69, 9.17) is 39.6 Å². The predicted octanol–water partition coefficient (Wildman–Crippen LogP) is -0.805. The Bertz CT molecular complexity index is 628. The minimum absolute atomic E-state index is 0.00400. The molecule has 1 amide bonds. The summed E-state index contributed by atoms with van der Waals surface area (Å²) in [6, 6.07) is 5.80. The molecule has 0 aromatic heterocycles. The number of carbonyl (C=O) groups is 2. The Hall–Kier alpha value is -2.28. The van der Waals surface area contributed by atoms with E-state index in [0.29, 0.717) is 65.1 Å². The minimum Gasteiger partial charge on any atom is -0.484 e. The third kappa shape index (κ3) is 14.7. The van der Waals surface area contributed by atoms with Gasteiger partial charge in [0.25, 0.3) is 5.91 Å². The second kappa shape index (κ2) is 18.3. The van der Waals surface area contributed by atoms with Gasteiger partial charge in [0.2, 0.25) is 0 Å². The summed E-state index contributed by atoms with van der Waals surface area (Å²) in [7, 11) is 0. The number of hydrogen-bond acceptors (Lipinski definition) is 9. The van der Waals surface area contributed by atoms with Crippen molar-refractivity contribution in [3.8, 4) is 5.75 Å². The minimum atomic E-state index is -1.05. The Morgan fingerprint density at radius 1 is 0.875 bits per heavy atom. The summed E-state index contributed by atoms with van der Waals surface area (Å²) >= 11 is 0. The van der Waals surface area contributed by atoms with Crippen LogP contribution >= 0.6 is 0 Å². The van der Waals surface area contributed by atoms with Crippen molar-refractivity contribution in [2.45, 2.75) is 12.5 Å². The quantitative estimate of drug-likeness (QED) is 0.182. The van der Waals surface area contributed by atoms with Crippen molar-refractivity contribution in [2.75, 3.05) is 72.6 Å². The van der Waals surface area contributed by atoms with Crippen LogP contribution < -0.4 is 15.8 Å². The smallest absolute Gasteiger partial charge is 0.320 e. The third-order valence-corrected chi connectivity index (χ3v) is 3.99. The van der Waals surface area contributed by atoms with Crippen LogP contribution in [0.4, 0.5) is 0 Å². The number of nitrogens with two attached hydrogens (primary N) is 1. The number of aliphatic carboxylic acids is 1. The van der Waals surface area contributed by atoms with Crippen LogP contribution in [0.3, 0.4) is 0 Å². The third-order valence-electron chi connectivity index (χ3n) is 3.99. The fourth-order valence-corrected chi connectivity index (χ4v) is 2.35. The summed E-state index contributed by atoms with van der Waals surface area (Å²) in [5, 5.41) is 20.0. The van der Waals surface area contributed by atoms with Crippen molar-refractivity contribution >= 4 is 11.9 Å². The molecule has 11 nitrogen and oxygen atoms in total.